The van der Waals surface area contributed by atoms with E-state index in [9.17, 15) is 0 Å². The molecule has 0 fully saturated rings. The standard InChI is InChI=1S/C17H21N3O/c1-12-5-4-6-14(9-12)20(2)11-13-7-8-16(21-3)15(10-13)17(18)19/h4-10H,11H2,1-3H3,(H3,18,19). The van der Waals surface area contributed by atoms with Crippen molar-refractivity contribution in [3.8, 4) is 5.75 Å². The van der Waals surface area contributed by atoms with Crippen LogP contribution in [0.2, 0.25) is 0 Å². The first-order valence-electron chi connectivity index (χ1n) is 6.80. The molecule has 0 aromatic heterocycles. The lowest BCUT2D eigenvalue weighted by atomic mass is 10.1. The Morgan fingerprint density at radius 3 is 2.62 bits per heavy atom. The second kappa shape index (κ2) is 6.31. The van der Waals surface area contributed by atoms with Crippen LogP contribution in [0.1, 0.15) is 16.7 Å². The van der Waals surface area contributed by atoms with Crippen molar-refractivity contribution in [1.29, 1.82) is 5.41 Å². The van der Waals surface area contributed by atoms with Gasteiger partial charge in [-0.3, -0.25) is 5.41 Å². The lowest BCUT2D eigenvalue weighted by Crippen LogP contribution is -2.18. The molecule has 0 radical (unpaired) electrons. The molecular weight excluding hydrogens is 262 g/mol. The number of methoxy groups -OCH3 is 1. The second-order valence-corrected chi connectivity index (χ2v) is 5.14. The SMILES string of the molecule is COc1ccc(CN(C)c2cccc(C)c2)cc1C(=N)N. The Balaban J connectivity index is 2.23. The molecule has 0 aliphatic heterocycles. The van der Waals surface area contributed by atoms with Crippen LogP contribution in [-0.4, -0.2) is 20.0 Å². The van der Waals surface area contributed by atoms with E-state index in [1.54, 1.807) is 7.11 Å². The smallest absolute Gasteiger partial charge is 0.129 e. The highest BCUT2D eigenvalue weighted by Crippen LogP contribution is 2.22. The van der Waals surface area contributed by atoms with Crippen LogP contribution in [0.5, 0.6) is 5.75 Å². The fraction of sp³-hybridized carbons (Fsp3) is 0.235. The molecule has 3 N–H and O–H groups in total. The van der Waals surface area contributed by atoms with E-state index in [1.807, 2.05) is 25.2 Å². The predicted octanol–water partition coefficient (Wildman–Crippen LogP) is 2.92. The van der Waals surface area contributed by atoms with Crippen LogP contribution >= 0.6 is 0 Å². The minimum absolute atomic E-state index is 0.0203. The highest BCUT2D eigenvalue weighted by Gasteiger charge is 2.09. The normalized spacial score (nSPS) is 10.2. The summed E-state index contributed by atoms with van der Waals surface area (Å²) in [5.74, 6) is 0.649. The van der Waals surface area contributed by atoms with E-state index < -0.39 is 0 Å². The highest BCUT2D eigenvalue weighted by atomic mass is 16.5. The van der Waals surface area contributed by atoms with E-state index in [2.05, 4.69) is 36.1 Å². The summed E-state index contributed by atoms with van der Waals surface area (Å²) in [5.41, 5.74) is 9.73. The third-order valence-electron chi connectivity index (χ3n) is 3.42. The van der Waals surface area contributed by atoms with Gasteiger partial charge in [0.05, 0.1) is 12.7 Å². The Hall–Kier alpha value is -2.49. The van der Waals surface area contributed by atoms with Gasteiger partial charge >= 0.3 is 0 Å². The summed E-state index contributed by atoms with van der Waals surface area (Å²) < 4.78 is 5.23. The summed E-state index contributed by atoms with van der Waals surface area (Å²) in [6, 6.07) is 14.1. The Kier molecular flexibility index (Phi) is 4.48. The maximum Gasteiger partial charge on any atom is 0.129 e. The van der Waals surface area contributed by atoms with Gasteiger partial charge in [0.1, 0.15) is 11.6 Å². The fourth-order valence-electron chi connectivity index (χ4n) is 2.29. The zero-order valence-corrected chi connectivity index (χ0v) is 12.7. The predicted molar refractivity (Wildman–Crippen MR) is 87.3 cm³/mol. The van der Waals surface area contributed by atoms with Crippen molar-refractivity contribution < 1.29 is 4.74 Å². The summed E-state index contributed by atoms with van der Waals surface area (Å²) in [7, 11) is 3.63. The summed E-state index contributed by atoms with van der Waals surface area (Å²) in [4.78, 5) is 2.17. The zero-order valence-electron chi connectivity index (χ0n) is 12.7. The number of benzene rings is 2. The Bertz CT molecular complexity index is 652. The first-order valence-corrected chi connectivity index (χ1v) is 6.80. The summed E-state index contributed by atoms with van der Waals surface area (Å²) in [6.07, 6.45) is 0. The van der Waals surface area contributed by atoms with Crippen LogP contribution in [-0.2, 0) is 6.54 Å². The molecule has 110 valence electrons. The van der Waals surface area contributed by atoms with Gasteiger partial charge in [-0.25, -0.2) is 0 Å². The van der Waals surface area contributed by atoms with E-state index in [0.717, 1.165) is 17.8 Å². The van der Waals surface area contributed by atoms with Crippen molar-refractivity contribution in [1.82, 2.24) is 0 Å². The molecule has 0 bridgehead atoms. The van der Waals surface area contributed by atoms with E-state index in [1.165, 1.54) is 5.56 Å². The number of nitrogens with two attached hydrogens (primary N) is 1. The third kappa shape index (κ3) is 3.54. The van der Waals surface area contributed by atoms with Crippen LogP contribution in [0.4, 0.5) is 5.69 Å². The molecule has 0 aliphatic rings. The maximum atomic E-state index is 7.64. The van der Waals surface area contributed by atoms with Crippen LogP contribution in [0.15, 0.2) is 42.5 Å². The number of nitrogens with one attached hydrogen (secondary N) is 1. The zero-order chi connectivity index (χ0) is 15.4. The van der Waals surface area contributed by atoms with Crippen LogP contribution in [0.25, 0.3) is 0 Å². The molecule has 0 amide bonds. The van der Waals surface area contributed by atoms with Crippen molar-refractivity contribution in [3.05, 3.63) is 59.2 Å². The van der Waals surface area contributed by atoms with Gasteiger partial charge in [0.25, 0.3) is 0 Å². The van der Waals surface area contributed by atoms with E-state index in [-0.39, 0.29) is 5.84 Å². The number of hydrogen-bond acceptors (Lipinski definition) is 3. The Morgan fingerprint density at radius 1 is 1.24 bits per heavy atom. The molecule has 0 aliphatic carbocycles. The van der Waals surface area contributed by atoms with Gasteiger partial charge in [0.15, 0.2) is 0 Å². The van der Waals surface area contributed by atoms with Gasteiger partial charge in [-0.05, 0) is 42.3 Å². The average molecular weight is 283 g/mol. The molecule has 4 heteroatoms. The lowest BCUT2D eigenvalue weighted by Gasteiger charge is -2.20. The van der Waals surface area contributed by atoms with Crippen LogP contribution < -0.4 is 15.4 Å². The van der Waals surface area contributed by atoms with Crippen LogP contribution in [0, 0.1) is 12.3 Å². The summed E-state index contributed by atoms with van der Waals surface area (Å²) in [6.45, 7) is 2.83. The topological polar surface area (TPSA) is 62.3 Å². The van der Waals surface area contributed by atoms with Crippen molar-refractivity contribution in [2.75, 3.05) is 19.1 Å². The summed E-state index contributed by atoms with van der Waals surface area (Å²) in [5, 5.41) is 7.64. The van der Waals surface area contributed by atoms with E-state index in [4.69, 9.17) is 15.9 Å². The molecule has 0 saturated heterocycles. The maximum absolute atomic E-state index is 7.64. The summed E-state index contributed by atoms with van der Waals surface area (Å²) >= 11 is 0. The van der Waals surface area contributed by atoms with Crippen molar-refractivity contribution in [2.45, 2.75) is 13.5 Å². The van der Waals surface area contributed by atoms with E-state index >= 15 is 0 Å². The first kappa shape index (κ1) is 14.9. The number of nitrogen functional groups attached to an aromatic ring is 1. The molecule has 0 unspecified atom stereocenters. The molecule has 0 saturated carbocycles. The molecule has 2 aromatic rings. The number of amidine groups is 1. The van der Waals surface area contributed by atoms with Crippen molar-refractivity contribution in [2.24, 2.45) is 5.73 Å². The minimum atomic E-state index is 0.0203. The van der Waals surface area contributed by atoms with Gasteiger partial charge in [-0.1, -0.05) is 18.2 Å². The molecule has 21 heavy (non-hydrogen) atoms. The second-order valence-electron chi connectivity index (χ2n) is 5.14. The Morgan fingerprint density at radius 2 is 2.00 bits per heavy atom. The van der Waals surface area contributed by atoms with Gasteiger partial charge in [-0.2, -0.15) is 0 Å². The molecular formula is C17H21N3O. The number of hydrogen-bond donors (Lipinski definition) is 2. The minimum Gasteiger partial charge on any atom is -0.496 e. The quantitative estimate of drug-likeness (QED) is 0.655. The van der Waals surface area contributed by atoms with Crippen molar-refractivity contribution in [3.63, 3.8) is 0 Å². The fourth-order valence-corrected chi connectivity index (χ4v) is 2.29. The van der Waals surface area contributed by atoms with Gasteiger partial charge in [0.2, 0.25) is 0 Å². The highest BCUT2D eigenvalue weighted by molar-refractivity contribution is 5.97. The molecule has 4 nitrogen and oxygen atoms in total. The van der Waals surface area contributed by atoms with Gasteiger partial charge < -0.3 is 15.4 Å². The van der Waals surface area contributed by atoms with Crippen molar-refractivity contribution >= 4 is 11.5 Å². The molecule has 2 aromatic carbocycles. The number of rotatable bonds is 5. The molecule has 0 heterocycles. The molecule has 2 rings (SSSR count). The average Bonchev–Trinajstić information content (AvgIpc) is 2.47. The molecule has 0 atom stereocenters. The largest absolute Gasteiger partial charge is 0.496 e. The lowest BCUT2D eigenvalue weighted by molar-refractivity contribution is 0.413. The third-order valence-corrected chi connectivity index (χ3v) is 3.42. The van der Waals surface area contributed by atoms with E-state index in [0.29, 0.717) is 11.3 Å². The Labute approximate surface area is 125 Å². The monoisotopic (exact) mass is 283 g/mol. The number of aryl methyl sites for hydroxylation is 1. The first-order chi connectivity index (χ1) is 10.0. The van der Waals surface area contributed by atoms with Gasteiger partial charge in [0, 0.05) is 19.3 Å². The van der Waals surface area contributed by atoms with Crippen LogP contribution in [0.3, 0.4) is 0 Å². The number of ether oxygens (including phenoxy) is 1. The number of anilines is 1. The van der Waals surface area contributed by atoms with Gasteiger partial charge in [-0.15, -0.1) is 0 Å². The number of nitrogens with zero attached hydrogens (tertiary/aromatic N) is 1. The molecule has 0 spiro atoms.